The molecule has 0 aliphatic heterocycles. The van der Waals surface area contributed by atoms with Crippen LogP contribution < -0.4 is 0 Å². The molecule has 25 heavy (non-hydrogen) atoms. The Morgan fingerprint density at radius 3 is 2.44 bits per heavy atom. The summed E-state index contributed by atoms with van der Waals surface area (Å²) in [7, 11) is 0. The molecule has 0 spiro atoms. The normalized spacial score (nSPS) is 10.9. The topological polar surface area (TPSA) is 59.2 Å². The monoisotopic (exact) mass is 339 g/mol. The van der Waals surface area contributed by atoms with E-state index in [1.54, 1.807) is 17.0 Å². The van der Waals surface area contributed by atoms with Gasteiger partial charge in [0.25, 0.3) is 5.89 Å². The number of nitrogens with zero attached hydrogens (tertiary/aromatic N) is 3. The fourth-order valence-corrected chi connectivity index (χ4v) is 2.44. The van der Waals surface area contributed by atoms with Gasteiger partial charge in [-0.05, 0) is 31.5 Å². The molecule has 0 bridgehead atoms. The average molecular weight is 339 g/mol. The number of rotatable bonds is 5. The summed E-state index contributed by atoms with van der Waals surface area (Å²) in [5.74, 6) is -1.02. The molecule has 3 aromatic rings. The molecule has 0 unspecified atom stereocenters. The van der Waals surface area contributed by atoms with Gasteiger partial charge in [-0.2, -0.15) is 0 Å². The largest absolute Gasteiger partial charge is 0.412 e. The minimum Gasteiger partial charge on any atom is -0.412 e. The molecular weight excluding hydrogens is 321 g/mol. The third kappa shape index (κ3) is 3.74. The average Bonchev–Trinajstić information content (AvgIpc) is 3.10. The van der Waals surface area contributed by atoms with Crippen molar-refractivity contribution in [2.75, 3.05) is 0 Å². The van der Waals surface area contributed by atoms with Crippen molar-refractivity contribution in [1.29, 1.82) is 0 Å². The first-order chi connectivity index (χ1) is 12.1. The quantitative estimate of drug-likeness (QED) is 0.707. The Balaban J connectivity index is 1.85. The van der Waals surface area contributed by atoms with Gasteiger partial charge >= 0.3 is 11.8 Å². The molecule has 0 saturated heterocycles. The highest BCUT2D eigenvalue weighted by molar-refractivity contribution is 5.90. The Labute approximate surface area is 145 Å². The summed E-state index contributed by atoms with van der Waals surface area (Å²) >= 11 is 0. The van der Waals surface area contributed by atoms with E-state index in [-0.39, 0.29) is 29.3 Å². The van der Waals surface area contributed by atoms with E-state index in [0.29, 0.717) is 6.54 Å². The van der Waals surface area contributed by atoms with Crippen molar-refractivity contribution in [2.45, 2.75) is 26.4 Å². The van der Waals surface area contributed by atoms with Crippen molar-refractivity contribution in [1.82, 2.24) is 15.1 Å². The van der Waals surface area contributed by atoms with Gasteiger partial charge in [-0.1, -0.05) is 42.5 Å². The fourth-order valence-electron chi connectivity index (χ4n) is 2.44. The molecule has 128 valence electrons. The smallest absolute Gasteiger partial charge is 0.311 e. The zero-order chi connectivity index (χ0) is 17.8. The van der Waals surface area contributed by atoms with Gasteiger partial charge in [-0.15, -0.1) is 10.2 Å². The molecule has 2 aromatic carbocycles. The summed E-state index contributed by atoms with van der Waals surface area (Å²) in [5.41, 5.74) is 1.17. The highest BCUT2D eigenvalue weighted by Crippen LogP contribution is 2.22. The third-order valence-electron chi connectivity index (χ3n) is 3.79. The van der Waals surface area contributed by atoms with E-state index < -0.39 is 5.82 Å². The lowest BCUT2D eigenvalue weighted by molar-refractivity contribution is 0.0650. The lowest BCUT2D eigenvalue weighted by Crippen LogP contribution is -2.36. The van der Waals surface area contributed by atoms with E-state index in [1.807, 2.05) is 44.2 Å². The van der Waals surface area contributed by atoms with Crippen LogP contribution in [0.2, 0.25) is 0 Å². The summed E-state index contributed by atoms with van der Waals surface area (Å²) in [6, 6.07) is 15.7. The maximum absolute atomic E-state index is 13.8. The SMILES string of the molecule is CC(C)N(Cc1ccccc1)C(=O)c1nnc(-c2ccccc2F)o1. The molecule has 0 saturated carbocycles. The number of carbonyl (C=O) groups excluding carboxylic acids is 1. The molecule has 0 fully saturated rings. The van der Waals surface area contributed by atoms with Crippen LogP contribution in [0.5, 0.6) is 0 Å². The van der Waals surface area contributed by atoms with Gasteiger partial charge in [0.05, 0.1) is 5.56 Å². The van der Waals surface area contributed by atoms with Crippen LogP contribution in [0.1, 0.15) is 30.1 Å². The van der Waals surface area contributed by atoms with E-state index in [4.69, 9.17) is 4.42 Å². The summed E-state index contributed by atoms with van der Waals surface area (Å²) in [5, 5.41) is 7.62. The van der Waals surface area contributed by atoms with Crippen LogP contribution >= 0.6 is 0 Å². The summed E-state index contributed by atoms with van der Waals surface area (Å²) in [4.78, 5) is 14.4. The van der Waals surface area contributed by atoms with Crippen LogP contribution in [0, 0.1) is 5.82 Å². The number of amides is 1. The molecule has 0 N–H and O–H groups in total. The Hall–Kier alpha value is -3.02. The zero-order valence-electron chi connectivity index (χ0n) is 14.0. The molecule has 1 amide bonds. The predicted octanol–water partition coefficient (Wildman–Crippen LogP) is 3.93. The molecule has 5 nitrogen and oxygen atoms in total. The minimum absolute atomic E-state index is 0.00938. The van der Waals surface area contributed by atoms with Crippen molar-refractivity contribution in [2.24, 2.45) is 0 Å². The van der Waals surface area contributed by atoms with Gasteiger partial charge in [0, 0.05) is 12.6 Å². The summed E-state index contributed by atoms with van der Waals surface area (Å²) in [6.07, 6.45) is 0. The van der Waals surface area contributed by atoms with E-state index in [2.05, 4.69) is 10.2 Å². The second-order valence-corrected chi connectivity index (χ2v) is 5.90. The minimum atomic E-state index is -0.477. The molecule has 1 heterocycles. The standard InChI is InChI=1S/C19H18FN3O2/c1-13(2)23(12-14-8-4-3-5-9-14)19(24)18-22-21-17(25-18)15-10-6-7-11-16(15)20/h3-11,13H,12H2,1-2H3. The second kappa shape index (κ2) is 7.25. The Morgan fingerprint density at radius 1 is 1.08 bits per heavy atom. The van der Waals surface area contributed by atoms with Crippen molar-refractivity contribution < 1.29 is 13.6 Å². The number of benzene rings is 2. The highest BCUT2D eigenvalue weighted by atomic mass is 19.1. The van der Waals surface area contributed by atoms with Gasteiger partial charge < -0.3 is 9.32 Å². The van der Waals surface area contributed by atoms with E-state index in [1.165, 1.54) is 12.1 Å². The van der Waals surface area contributed by atoms with Crippen LogP contribution in [0.15, 0.2) is 59.0 Å². The zero-order valence-corrected chi connectivity index (χ0v) is 14.0. The maximum atomic E-state index is 13.8. The van der Waals surface area contributed by atoms with E-state index >= 15 is 0 Å². The van der Waals surface area contributed by atoms with E-state index in [0.717, 1.165) is 5.56 Å². The summed E-state index contributed by atoms with van der Waals surface area (Å²) < 4.78 is 19.3. The molecule has 3 rings (SSSR count). The number of hydrogen-bond acceptors (Lipinski definition) is 4. The van der Waals surface area contributed by atoms with Crippen LogP contribution in [0.25, 0.3) is 11.5 Å². The van der Waals surface area contributed by atoms with Crippen LogP contribution in [0.4, 0.5) is 4.39 Å². The van der Waals surface area contributed by atoms with Crippen molar-refractivity contribution in [3.63, 3.8) is 0 Å². The van der Waals surface area contributed by atoms with Crippen molar-refractivity contribution in [3.8, 4) is 11.5 Å². The highest BCUT2D eigenvalue weighted by Gasteiger charge is 2.25. The van der Waals surface area contributed by atoms with Crippen molar-refractivity contribution in [3.05, 3.63) is 71.9 Å². The lowest BCUT2D eigenvalue weighted by atomic mass is 10.2. The van der Waals surface area contributed by atoms with E-state index in [9.17, 15) is 9.18 Å². The first kappa shape index (κ1) is 16.8. The van der Waals surface area contributed by atoms with Crippen LogP contribution in [-0.2, 0) is 6.54 Å². The van der Waals surface area contributed by atoms with Gasteiger partial charge in [0.15, 0.2) is 0 Å². The fraction of sp³-hybridized carbons (Fsp3) is 0.211. The number of aromatic nitrogens is 2. The van der Waals surface area contributed by atoms with Gasteiger partial charge in [0.2, 0.25) is 0 Å². The summed E-state index contributed by atoms with van der Waals surface area (Å²) in [6.45, 7) is 4.25. The first-order valence-electron chi connectivity index (χ1n) is 7.99. The maximum Gasteiger partial charge on any atom is 0.311 e. The Bertz CT molecular complexity index is 862. The number of halogens is 1. The van der Waals surface area contributed by atoms with Crippen LogP contribution in [0.3, 0.4) is 0 Å². The van der Waals surface area contributed by atoms with Crippen LogP contribution in [-0.4, -0.2) is 27.0 Å². The second-order valence-electron chi connectivity index (χ2n) is 5.90. The molecule has 0 aliphatic rings. The predicted molar refractivity (Wildman–Crippen MR) is 91.1 cm³/mol. The van der Waals surface area contributed by atoms with Gasteiger partial charge in [-0.3, -0.25) is 4.79 Å². The number of hydrogen-bond donors (Lipinski definition) is 0. The third-order valence-corrected chi connectivity index (χ3v) is 3.79. The lowest BCUT2D eigenvalue weighted by Gasteiger charge is -2.25. The molecule has 0 atom stereocenters. The first-order valence-corrected chi connectivity index (χ1v) is 7.99. The Kier molecular flexibility index (Phi) is 4.88. The number of carbonyl (C=O) groups is 1. The van der Waals surface area contributed by atoms with Gasteiger partial charge in [-0.25, -0.2) is 4.39 Å². The molecular formula is C19H18FN3O2. The molecule has 6 heteroatoms. The molecule has 1 aromatic heterocycles. The Morgan fingerprint density at radius 2 is 1.76 bits per heavy atom. The molecule has 0 aliphatic carbocycles. The molecule has 0 radical (unpaired) electrons. The van der Waals surface area contributed by atoms with Gasteiger partial charge in [0.1, 0.15) is 5.82 Å². The van der Waals surface area contributed by atoms with Crippen molar-refractivity contribution >= 4 is 5.91 Å².